The van der Waals surface area contributed by atoms with Crippen LogP contribution in [0.5, 0.6) is 0 Å². The fraction of sp³-hybridized carbons (Fsp3) is 0.267. The van der Waals surface area contributed by atoms with E-state index in [1.165, 1.54) is 0 Å². The van der Waals surface area contributed by atoms with Crippen LogP contribution in [0.25, 0.3) is 11.0 Å². The Hall–Kier alpha value is -2.63. The van der Waals surface area contributed by atoms with Gasteiger partial charge in [-0.3, -0.25) is 9.89 Å². The zero-order chi connectivity index (χ0) is 14.7. The first kappa shape index (κ1) is 13.4. The molecule has 0 aliphatic heterocycles. The van der Waals surface area contributed by atoms with Crippen molar-refractivity contribution in [3.05, 3.63) is 47.5 Å². The van der Waals surface area contributed by atoms with Gasteiger partial charge in [-0.1, -0.05) is 6.07 Å². The highest BCUT2D eigenvalue weighted by atomic mass is 16.1. The second-order valence-corrected chi connectivity index (χ2v) is 5.06. The van der Waals surface area contributed by atoms with Crippen LogP contribution < -0.4 is 5.32 Å². The predicted molar refractivity (Wildman–Crippen MR) is 79.6 cm³/mol. The van der Waals surface area contributed by atoms with E-state index >= 15 is 0 Å². The number of aryl methyl sites for hydroxylation is 2. The number of carbonyl (C=O) groups is 1. The molecule has 0 spiro atoms. The van der Waals surface area contributed by atoms with Crippen molar-refractivity contribution in [2.75, 3.05) is 0 Å². The quantitative estimate of drug-likeness (QED) is 0.668. The molecule has 6 heteroatoms. The summed E-state index contributed by atoms with van der Waals surface area (Å²) in [5.74, 6) is 0.934. The molecule has 1 aromatic carbocycles. The predicted octanol–water partition coefficient (Wildman–Crippen LogP) is 1.84. The molecule has 3 aromatic rings. The summed E-state index contributed by atoms with van der Waals surface area (Å²) >= 11 is 0. The smallest absolute Gasteiger partial charge is 0.220 e. The number of aromatic nitrogens is 4. The molecule has 0 bridgehead atoms. The van der Waals surface area contributed by atoms with Crippen molar-refractivity contribution in [1.29, 1.82) is 0 Å². The van der Waals surface area contributed by atoms with Crippen molar-refractivity contribution >= 4 is 16.9 Å². The maximum atomic E-state index is 11.8. The van der Waals surface area contributed by atoms with E-state index in [1.807, 2.05) is 31.3 Å². The Labute approximate surface area is 122 Å². The summed E-state index contributed by atoms with van der Waals surface area (Å²) in [7, 11) is 0. The Morgan fingerprint density at radius 3 is 3.05 bits per heavy atom. The summed E-state index contributed by atoms with van der Waals surface area (Å²) in [4.78, 5) is 19.4. The Balaban J connectivity index is 1.54. The van der Waals surface area contributed by atoms with Crippen LogP contribution in [-0.4, -0.2) is 26.1 Å². The van der Waals surface area contributed by atoms with Gasteiger partial charge in [0, 0.05) is 19.2 Å². The SMILES string of the molecule is Cc1nc2ccc(CNC(=O)CCc3cn[nH]c3)cc2[nH]1. The minimum Gasteiger partial charge on any atom is -0.352 e. The van der Waals surface area contributed by atoms with E-state index in [-0.39, 0.29) is 5.91 Å². The molecule has 6 nitrogen and oxygen atoms in total. The van der Waals surface area contributed by atoms with Crippen LogP contribution in [0.1, 0.15) is 23.4 Å². The lowest BCUT2D eigenvalue weighted by Crippen LogP contribution is -2.22. The third-order valence-electron chi connectivity index (χ3n) is 3.35. The van der Waals surface area contributed by atoms with E-state index in [0.717, 1.165) is 28.0 Å². The van der Waals surface area contributed by atoms with Crippen LogP contribution >= 0.6 is 0 Å². The summed E-state index contributed by atoms with van der Waals surface area (Å²) in [5.41, 5.74) is 4.04. The third kappa shape index (κ3) is 3.28. The van der Waals surface area contributed by atoms with Crippen LogP contribution in [0, 0.1) is 6.92 Å². The number of imidazole rings is 1. The van der Waals surface area contributed by atoms with Crippen molar-refractivity contribution in [3.63, 3.8) is 0 Å². The molecule has 0 radical (unpaired) electrons. The molecule has 0 saturated carbocycles. The van der Waals surface area contributed by atoms with E-state index in [1.54, 1.807) is 6.20 Å². The number of amides is 1. The van der Waals surface area contributed by atoms with Crippen molar-refractivity contribution in [2.24, 2.45) is 0 Å². The number of rotatable bonds is 5. The van der Waals surface area contributed by atoms with Crippen molar-refractivity contribution in [2.45, 2.75) is 26.3 Å². The second-order valence-electron chi connectivity index (χ2n) is 5.06. The fourth-order valence-corrected chi connectivity index (χ4v) is 2.26. The summed E-state index contributed by atoms with van der Waals surface area (Å²) < 4.78 is 0. The van der Waals surface area contributed by atoms with Gasteiger partial charge in [-0.05, 0) is 36.6 Å². The first-order chi connectivity index (χ1) is 10.2. The highest BCUT2D eigenvalue weighted by Gasteiger charge is 2.05. The Morgan fingerprint density at radius 2 is 2.24 bits per heavy atom. The maximum absolute atomic E-state index is 11.8. The molecule has 0 fully saturated rings. The van der Waals surface area contributed by atoms with E-state index in [0.29, 0.717) is 19.4 Å². The second kappa shape index (κ2) is 5.78. The Kier molecular flexibility index (Phi) is 3.68. The van der Waals surface area contributed by atoms with Crippen LogP contribution in [-0.2, 0) is 17.8 Å². The molecule has 0 aliphatic rings. The van der Waals surface area contributed by atoms with Gasteiger partial charge in [0.15, 0.2) is 0 Å². The zero-order valence-corrected chi connectivity index (χ0v) is 11.8. The summed E-state index contributed by atoms with van der Waals surface area (Å²) in [6, 6.07) is 5.97. The number of aromatic amines is 2. The van der Waals surface area contributed by atoms with E-state index in [4.69, 9.17) is 0 Å². The molecule has 3 N–H and O–H groups in total. The number of nitrogens with one attached hydrogen (secondary N) is 3. The summed E-state index contributed by atoms with van der Waals surface area (Å²) in [6.07, 6.45) is 4.70. The van der Waals surface area contributed by atoms with Crippen LogP contribution in [0.15, 0.2) is 30.6 Å². The molecular formula is C15H17N5O. The lowest BCUT2D eigenvalue weighted by Gasteiger charge is -2.05. The molecule has 0 atom stereocenters. The Bertz CT molecular complexity index is 745. The topological polar surface area (TPSA) is 86.5 Å². The average Bonchev–Trinajstić information content (AvgIpc) is 3.10. The molecule has 0 aliphatic carbocycles. The average molecular weight is 283 g/mol. The minimum absolute atomic E-state index is 0.0390. The largest absolute Gasteiger partial charge is 0.352 e. The Morgan fingerprint density at radius 1 is 1.33 bits per heavy atom. The molecule has 0 unspecified atom stereocenters. The van der Waals surface area contributed by atoms with Crippen molar-refractivity contribution in [1.82, 2.24) is 25.5 Å². The number of nitrogens with zero attached hydrogens (tertiary/aromatic N) is 2. The van der Waals surface area contributed by atoms with Gasteiger partial charge < -0.3 is 10.3 Å². The number of hydrogen-bond donors (Lipinski definition) is 3. The van der Waals surface area contributed by atoms with E-state index < -0.39 is 0 Å². The molecule has 0 saturated heterocycles. The number of hydrogen-bond acceptors (Lipinski definition) is 3. The van der Waals surface area contributed by atoms with Gasteiger partial charge in [0.1, 0.15) is 5.82 Å². The molecular weight excluding hydrogens is 266 g/mol. The fourth-order valence-electron chi connectivity index (χ4n) is 2.26. The number of fused-ring (bicyclic) bond motifs is 1. The monoisotopic (exact) mass is 283 g/mol. The van der Waals surface area contributed by atoms with Gasteiger partial charge in [0.05, 0.1) is 17.2 Å². The van der Waals surface area contributed by atoms with Crippen molar-refractivity contribution in [3.8, 4) is 0 Å². The van der Waals surface area contributed by atoms with E-state index in [9.17, 15) is 4.79 Å². The highest BCUT2D eigenvalue weighted by Crippen LogP contribution is 2.13. The van der Waals surface area contributed by atoms with Gasteiger partial charge in [0.25, 0.3) is 0 Å². The van der Waals surface area contributed by atoms with Gasteiger partial charge in [-0.2, -0.15) is 5.10 Å². The lowest BCUT2D eigenvalue weighted by molar-refractivity contribution is -0.121. The highest BCUT2D eigenvalue weighted by molar-refractivity contribution is 5.77. The summed E-state index contributed by atoms with van der Waals surface area (Å²) in [5, 5.41) is 9.53. The number of carbonyl (C=O) groups excluding carboxylic acids is 1. The molecule has 2 aromatic heterocycles. The van der Waals surface area contributed by atoms with Gasteiger partial charge in [-0.15, -0.1) is 0 Å². The standard InChI is InChI=1S/C15H17N5O/c1-10-19-13-4-2-11(6-14(13)20-10)7-16-15(21)5-3-12-8-17-18-9-12/h2,4,6,8-9H,3,5,7H2,1H3,(H,16,21)(H,17,18)(H,19,20). The molecule has 1 amide bonds. The van der Waals surface area contributed by atoms with Gasteiger partial charge in [0.2, 0.25) is 5.91 Å². The zero-order valence-electron chi connectivity index (χ0n) is 11.8. The molecule has 3 rings (SSSR count). The first-order valence-electron chi connectivity index (χ1n) is 6.90. The van der Waals surface area contributed by atoms with Crippen LogP contribution in [0.4, 0.5) is 0 Å². The van der Waals surface area contributed by atoms with E-state index in [2.05, 4.69) is 25.5 Å². The molecule has 108 valence electrons. The number of H-pyrrole nitrogens is 2. The lowest BCUT2D eigenvalue weighted by atomic mass is 10.1. The third-order valence-corrected chi connectivity index (χ3v) is 3.35. The van der Waals surface area contributed by atoms with Crippen LogP contribution in [0.2, 0.25) is 0 Å². The van der Waals surface area contributed by atoms with Crippen LogP contribution in [0.3, 0.4) is 0 Å². The molecule has 2 heterocycles. The first-order valence-corrected chi connectivity index (χ1v) is 6.90. The number of benzene rings is 1. The van der Waals surface area contributed by atoms with Gasteiger partial charge in [-0.25, -0.2) is 4.98 Å². The normalized spacial score (nSPS) is 10.9. The summed E-state index contributed by atoms with van der Waals surface area (Å²) in [6.45, 7) is 2.45. The van der Waals surface area contributed by atoms with Crippen molar-refractivity contribution < 1.29 is 4.79 Å². The minimum atomic E-state index is 0.0390. The maximum Gasteiger partial charge on any atom is 0.220 e. The van der Waals surface area contributed by atoms with Gasteiger partial charge >= 0.3 is 0 Å². The molecule has 21 heavy (non-hydrogen) atoms.